The number of phenolic OH excluding ortho intramolecular Hbond substituents is 1. The third-order valence-electron chi connectivity index (χ3n) is 13.2. The molecule has 7 aliphatic rings. The predicted molar refractivity (Wildman–Crippen MR) is 215 cm³/mol. The van der Waals surface area contributed by atoms with E-state index in [1.54, 1.807) is 18.9 Å². The van der Waals surface area contributed by atoms with Crippen molar-refractivity contribution in [2.75, 3.05) is 39.4 Å². The predicted octanol–water partition coefficient (Wildman–Crippen LogP) is 5.62. The number of nitrogens with one attached hydrogen (secondary N) is 2. The maximum atomic E-state index is 15.0. The number of aryl methyl sites for hydroxylation is 2. The van der Waals surface area contributed by atoms with E-state index in [1.807, 2.05) is 19.9 Å². The van der Waals surface area contributed by atoms with Crippen molar-refractivity contribution in [3.63, 3.8) is 0 Å². The van der Waals surface area contributed by atoms with E-state index in [0.29, 0.717) is 53.6 Å². The number of nitrogens with zero attached hydrogens (tertiary/aromatic N) is 3. The summed E-state index contributed by atoms with van der Waals surface area (Å²) in [7, 11) is 1.55. The highest BCUT2D eigenvalue weighted by Crippen LogP contribution is 2.65. The van der Waals surface area contributed by atoms with Gasteiger partial charge in [0.25, 0.3) is 0 Å². The van der Waals surface area contributed by atoms with Crippen molar-refractivity contribution in [1.29, 1.82) is 5.26 Å². The molecule has 58 heavy (non-hydrogen) atoms. The zero-order valence-electron chi connectivity index (χ0n) is 33.1. The summed E-state index contributed by atoms with van der Waals surface area (Å²) in [5.41, 5.74) is 7.14. The largest absolute Gasteiger partial charge is 0.504 e. The average molecular weight is 804 g/mol. The van der Waals surface area contributed by atoms with Crippen LogP contribution in [0, 0.1) is 32.1 Å². The van der Waals surface area contributed by atoms with Crippen LogP contribution >= 0.6 is 11.8 Å². The number of ether oxygens (including phenoxy) is 5. The molecule has 13 nitrogen and oxygen atoms in total. The second-order valence-corrected chi connectivity index (χ2v) is 17.4. The third kappa shape index (κ3) is 5.00. The molecule has 7 aliphatic heterocycles. The molecule has 0 aliphatic carbocycles. The van der Waals surface area contributed by atoms with Crippen LogP contribution in [0.1, 0.15) is 74.5 Å². The number of benzene rings is 3. The van der Waals surface area contributed by atoms with Crippen LogP contribution in [0.5, 0.6) is 28.7 Å². The normalized spacial score (nSPS) is 28.2. The molecule has 4 bridgehead atoms. The number of nitriles is 1. The molecule has 0 radical (unpaired) electrons. The molecule has 2 saturated heterocycles. The van der Waals surface area contributed by atoms with Gasteiger partial charge in [0.05, 0.1) is 36.2 Å². The number of methoxy groups -OCH3 is 1. The molecular formula is C44H45N5O8S. The van der Waals surface area contributed by atoms with Crippen molar-refractivity contribution in [2.45, 2.75) is 81.5 Å². The second-order valence-electron chi connectivity index (χ2n) is 16.3. The van der Waals surface area contributed by atoms with Crippen molar-refractivity contribution >= 4 is 34.6 Å². The lowest BCUT2D eigenvalue weighted by molar-refractivity contribution is -0.157. The van der Waals surface area contributed by atoms with Crippen molar-refractivity contribution < 1.29 is 38.4 Å². The Morgan fingerprint density at radius 2 is 1.97 bits per heavy atom. The van der Waals surface area contributed by atoms with E-state index in [9.17, 15) is 20.0 Å². The van der Waals surface area contributed by atoms with Gasteiger partial charge in [-0.15, -0.1) is 18.3 Å². The van der Waals surface area contributed by atoms with Crippen LogP contribution in [0.15, 0.2) is 36.9 Å². The standard InChI is InChI=1S/C44H45N5O8S/c1-7-12-48-28-15-24-14-21(3)37(53-6)36(51)31(24)34(48)35-41-33-32(40-39(55-19-56-40)22(4)38(33)57-23(5)50)30(49(35)29(28)16-45)17-54-43(52)44(18-58-41)42-25(10-11-46-44)26-13-20(2)8-9-27(26)47-42/h7-9,13-14,28-30,34-35,41,46-47,51H,1,10-12,15,17-19H2,2-6H3/t28-,29+,30+,34?,35?,41-,44-/m1/s1. The summed E-state index contributed by atoms with van der Waals surface area (Å²) < 4.78 is 31.0. The second kappa shape index (κ2) is 13.4. The molecule has 11 rings (SSSR count). The van der Waals surface area contributed by atoms with E-state index in [1.165, 1.54) is 6.92 Å². The molecule has 3 N–H and O–H groups in total. The highest BCUT2D eigenvalue weighted by atomic mass is 32.2. The number of piperazine rings is 1. The first-order valence-electron chi connectivity index (χ1n) is 19.8. The highest BCUT2D eigenvalue weighted by molar-refractivity contribution is 7.99. The van der Waals surface area contributed by atoms with Gasteiger partial charge in [0.2, 0.25) is 6.79 Å². The number of carbonyl (C=O) groups excluding carboxylic acids is 2. The first-order chi connectivity index (χ1) is 28.0. The van der Waals surface area contributed by atoms with Crippen molar-refractivity contribution in [3.05, 3.63) is 87.1 Å². The van der Waals surface area contributed by atoms with E-state index in [0.717, 1.165) is 56.4 Å². The molecule has 300 valence electrons. The molecule has 0 saturated carbocycles. The lowest BCUT2D eigenvalue weighted by Crippen LogP contribution is -2.70. The summed E-state index contributed by atoms with van der Waals surface area (Å²) >= 11 is 1.55. The maximum absolute atomic E-state index is 15.0. The lowest BCUT2D eigenvalue weighted by Gasteiger charge is -2.62. The van der Waals surface area contributed by atoms with Gasteiger partial charge in [-0.1, -0.05) is 23.8 Å². The van der Waals surface area contributed by atoms with Gasteiger partial charge in [-0.05, 0) is 62.4 Å². The van der Waals surface area contributed by atoms with Crippen LogP contribution in [0.2, 0.25) is 0 Å². The number of fused-ring (bicyclic) bond motifs is 11. The number of thioether (sulfide) groups is 1. The van der Waals surface area contributed by atoms with Crippen LogP contribution in [-0.4, -0.2) is 89.3 Å². The Balaban J connectivity index is 1.26. The maximum Gasteiger partial charge on any atom is 0.333 e. The van der Waals surface area contributed by atoms with E-state index >= 15 is 0 Å². The fourth-order valence-electron chi connectivity index (χ4n) is 11.0. The molecule has 0 amide bonds. The third-order valence-corrected chi connectivity index (χ3v) is 14.7. The molecule has 1 spiro atoms. The Morgan fingerprint density at radius 1 is 1.16 bits per heavy atom. The summed E-state index contributed by atoms with van der Waals surface area (Å²) in [6.07, 6.45) is 3.05. The number of aromatic hydroxyl groups is 1. The average Bonchev–Trinajstić information content (AvgIpc) is 3.84. The first-order valence-corrected chi connectivity index (χ1v) is 20.8. The fraction of sp³-hybridized carbons (Fsp3) is 0.432. The minimum atomic E-state index is -1.26. The summed E-state index contributed by atoms with van der Waals surface area (Å²) in [5.74, 6) is 1.06. The van der Waals surface area contributed by atoms with Gasteiger partial charge in [-0.25, -0.2) is 4.79 Å². The lowest BCUT2D eigenvalue weighted by atomic mass is 9.71. The number of carbonyl (C=O) groups is 2. The topological polar surface area (TPSA) is 159 Å². The van der Waals surface area contributed by atoms with E-state index in [2.05, 4.69) is 63.9 Å². The Hall–Kier alpha value is -5.20. The molecule has 2 fully saturated rings. The van der Waals surface area contributed by atoms with Gasteiger partial charge in [-0.2, -0.15) is 5.26 Å². The van der Waals surface area contributed by atoms with Gasteiger partial charge in [-0.3, -0.25) is 19.9 Å². The summed E-state index contributed by atoms with van der Waals surface area (Å²) in [6, 6.07) is 8.27. The van der Waals surface area contributed by atoms with E-state index in [-0.39, 0.29) is 30.9 Å². The quantitative estimate of drug-likeness (QED) is 0.133. The molecule has 8 heterocycles. The van der Waals surface area contributed by atoms with Crippen molar-refractivity contribution in [2.24, 2.45) is 0 Å². The Labute approximate surface area is 340 Å². The molecule has 1 aromatic heterocycles. The molecule has 7 atom stereocenters. The van der Waals surface area contributed by atoms with Crippen molar-refractivity contribution in [1.82, 2.24) is 20.1 Å². The molecule has 2 unspecified atom stereocenters. The van der Waals surface area contributed by atoms with Crippen LogP contribution in [0.3, 0.4) is 0 Å². The number of aromatic amines is 1. The van der Waals surface area contributed by atoms with E-state index < -0.39 is 46.9 Å². The summed E-state index contributed by atoms with van der Waals surface area (Å²) in [4.78, 5) is 36.1. The molecule has 14 heteroatoms. The SMILES string of the molecule is C=CCN1C2c3c(cc(C)c(OC)c3O)C[C@@H]1[C@H](C#N)N1C2[C@@H]2SC[C@]3(NCCc4c3[nH]c3ccc(C)cc43)C(=O)OC[C@H]1c1c3c(c(C)c(OC(C)=O)c12)OCO3. The Morgan fingerprint density at radius 3 is 2.72 bits per heavy atom. The number of hydrogen-bond donors (Lipinski definition) is 3. The molecule has 3 aromatic carbocycles. The van der Waals surface area contributed by atoms with Crippen LogP contribution in [0.4, 0.5) is 0 Å². The summed E-state index contributed by atoms with van der Waals surface area (Å²) in [6.45, 7) is 12.2. The van der Waals surface area contributed by atoms with Crippen LogP contribution < -0.4 is 24.3 Å². The van der Waals surface area contributed by atoms with Gasteiger partial charge < -0.3 is 33.8 Å². The van der Waals surface area contributed by atoms with Gasteiger partial charge in [0.15, 0.2) is 28.5 Å². The zero-order chi connectivity index (χ0) is 40.4. The number of H-pyrrole nitrogens is 1. The smallest absolute Gasteiger partial charge is 0.333 e. The first kappa shape index (κ1) is 37.1. The van der Waals surface area contributed by atoms with Crippen molar-refractivity contribution in [3.8, 4) is 34.8 Å². The van der Waals surface area contributed by atoms with Crippen LogP contribution in [-0.2, 0) is 32.7 Å². The van der Waals surface area contributed by atoms with E-state index in [4.69, 9.17) is 23.7 Å². The molecular weight excluding hydrogens is 759 g/mol. The number of aromatic nitrogens is 1. The summed E-state index contributed by atoms with van der Waals surface area (Å²) in [5, 5.41) is 27.7. The van der Waals surface area contributed by atoms with Crippen LogP contribution in [0.25, 0.3) is 10.9 Å². The van der Waals surface area contributed by atoms with Gasteiger partial charge in [0, 0.05) is 71.0 Å². The number of rotatable bonds is 4. The van der Waals surface area contributed by atoms with Gasteiger partial charge >= 0.3 is 11.9 Å². The number of hydrogen-bond acceptors (Lipinski definition) is 13. The Bertz CT molecular complexity index is 2510. The fourth-order valence-corrected chi connectivity index (χ4v) is 12.7. The molecule has 4 aromatic rings. The minimum absolute atomic E-state index is 0.0457. The zero-order valence-corrected chi connectivity index (χ0v) is 33.9. The number of esters is 2. The minimum Gasteiger partial charge on any atom is -0.504 e. The Kier molecular flexibility index (Phi) is 8.58. The monoisotopic (exact) mass is 803 g/mol. The van der Waals surface area contributed by atoms with Gasteiger partial charge in [0.1, 0.15) is 18.4 Å². The highest BCUT2D eigenvalue weighted by Gasteiger charge is 2.62. The number of phenols is 1.